The maximum Gasteiger partial charge on any atom is 0.290 e. The van der Waals surface area contributed by atoms with E-state index in [0.29, 0.717) is 0 Å². The second-order valence-corrected chi connectivity index (χ2v) is 10.2. The number of nitro benzene ring substituents is 2. The molecule has 1 aromatic carbocycles. The van der Waals surface area contributed by atoms with Crippen LogP contribution in [0.25, 0.3) is 0 Å². The number of hydrogen-bond donors (Lipinski definition) is 0. The van der Waals surface area contributed by atoms with Crippen molar-refractivity contribution in [3.8, 4) is 0 Å². The molecular weight excluding hydrogens is 480 g/mol. The molecule has 0 N–H and O–H groups in total. The lowest BCUT2D eigenvalue weighted by Crippen LogP contribution is -2.56. The van der Waals surface area contributed by atoms with E-state index in [1.54, 1.807) is 27.7 Å². The van der Waals surface area contributed by atoms with Gasteiger partial charge in [0, 0.05) is 6.07 Å². The second kappa shape index (κ2) is 8.69. The van der Waals surface area contributed by atoms with E-state index in [9.17, 15) is 20.2 Å². The largest absolute Gasteiger partial charge is 0.475 e. The fraction of sp³-hybridized carbons (Fsp3) is 0.632. The lowest BCUT2D eigenvalue weighted by atomic mass is 9.99. The van der Waals surface area contributed by atoms with Gasteiger partial charge in [0.05, 0.1) is 20.8 Å². The van der Waals surface area contributed by atoms with Gasteiger partial charge in [0.25, 0.3) is 11.4 Å². The number of rotatable bonds is 5. The number of hydrogen-bond acceptors (Lipinski definition) is 12. The van der Waals surface area contributed by atoms with Crippen molar-refractivity contribution in [2.45, 2.75) is 74.9 Å². The van der Waals surface area contributed by atoms with Gasteiger partial charge in [-0.25, -0.2) is 0 Å². The van der Waals surface area contributed by atoms with Gasteiger partial charge in [-0.1, -0.05) is 0 Å². The van der Waals surface area contributed by atoms with E-state index >= 15 is 0 Å². The van der Waals surface area contributed by atoms with Crippen molar-refractivity contribution in [1.29, 1.82) is 0 Å². The van der Waals surface area contributed by atoms with Gasteiger partial charge in [-0.05, 0) is 57.7 Å². The molecule has 12 nitrogen and oxygen atoms in total. The summed E-state index contributed by atoms with van der Waals surface area (Å²) in [5, 5.41) is 22.2. The van der Waals surface area contributed by atoms with Gasteiger partial charge in [-0.2, -0.15) is 0 Å². The molecule has 3 aliphatic heterocycles. The number of thioether (sulfide) groups is 1. The minimum absolute atomic E-state index is 0.0173. The van der Waals surface area contributed by atoms with Crippen LogP contribution in [0, 0.1) is 20.2 Å². The van der Waals surface area contributed by atoms with Crippen molar-refractivity contribution in [1.82, 2.24) is 0 Å². The van der Waals surface area contributed by atoms with Crippen LogP contribution >= 0.6 is 24.0 Å². The molecule has 0 bridgehead atoms. The first kappa shape index (κ1) is 24.2. The van der Waals surface area contributed by atoms with Gasteiger partial charge in [-0.3, -0.25) is 20.2 Å². The van der Waals surface area contributed by atoms with Crippen LogP contribution in [0.2, 0.25) is 0 Å². The van der Waals surface area contributed by atoms with E-state index in [-0.39, 0.29) is 15.9 Å². The van der Waals surface area contributed by atoms with Crippen LogP contribution in [0.15, 0.2) is 23.1 Å². The van der Waals surface area contributed by atoms with Crippen LogP contribution in [-0.4, -0.2) is 63.1 Å². The first-order chi connectivity index (χ1) is 15.3. The zero-order valence-electron chi connectivity index (χ0n) is 18.1. The Morgan fingerprint density at radius 3 is 2.33 bits per heavy atom. The zero-order chi connectivity index (χ0) is 24.1. The number of nitrogens with zero attached hydrogens (tertiary/aromatic N) is 2. The summed E-state index contributed by atoms with van der Waals surface area (Å²) >= 11 is 6.04. The summed E-state index contributed by atoms with van der Waals surface area (Å²) in [5.74, 6) is -1.72. The molecule has 0 amide bonds. The van der Waals surface area contributed by atoms with Crippen molar-refractivity contribution in [2.24, 2.45) is 0 Å². The molecule has 3 fully saturated rings. The number of benzene rings is 1. The minimum atomic E-state index is -0.865. The van der Waals surface area contributed by atoms with E-state index in [1.807, 2.05) is 0 Å². The standard InChI is InChI=1S/C19H22N2O10S2/c1-18(2)28-13-11(27-16-15(14(13)29-18)30-19(3,4)31-16)8-26-17(32)33-12-6-5-9(20(22)23)7-10(12)21(24)25/h5-7,11,13-16H,8H2,1-4H3/t11-,13+,14+,15-,16-/m1/s1. The van der Waals surface area contributed by atoms with E-state index < -0.39 is 63.5 Å². The molecule has 3 aliphatic rings. The summed E-state index contributed by atoms with van der Waals surface area (Å²) in [7, 11) is 0. The predicted molar refractivity (Wildman–Crippen MR) is 117 cm³/mol. The molecule has 3 saturated heterocycles. The Kier molecular flexibility index (Phi) is 6.37. The minimum Gasteiger partial charge on any atom is -0.475 e. The maximum absolute atomic E-state index is 11.3. The summed E-state index contributed by atoms with van der Waals surface area (Å²) in [6.07, 6.45) is -2.75. The van der Waals surface area contributed by atoms with Gasteiger partial charge in [0.1, 0.15) is 31.0 Å². The highest BCUT2D eigenvalue weighted by atomic mass is 32.2. The highest BCUT2D eigenvalue weighted by Crippen LogP contribution is 2.44. The van der Waals surface area contributed by atoms with Gasteiger partial charge < -0.3 is 28.4 Å². The van der Waals surface area contributed by atoms with Crippen LogP contribution < -0.4 is 0 Å². The number of nitro groups is 2. The first-order valence-electron chi connectivity index (χ1n) is 9.99. The molecule has 0 spiro atoms. The van der Waals surface area contributed by atoms with E-state index in [4.69, 9.17) is 40.6 Å². The third-order valence-corrected chi connectivity index (χ3v) is 6.38. The summed E-state index contributed by atoms with van der Waals surface area (Å²) in [4.78, 5) is 21.0. The molecule has 14 heteroatoms. The molecule has 0 saturated carbocycles. The highest BCUT2D eigenvalue weighted by Gasteiger charge is 2.60. The first-order valence-corrected chi connectivity index (χ1v) is 11.2. The van der Waals surface area contributed by atoms with Crippen molar-refractivity contribution in [3.05, 3.63) is 38.4 Å². The Balaban J connectivity index is 1.44. The van der Waals surface area contributed by atoms with Crippen LogP contribution in [-0.2, 0) is 28.4 Å². The molecule has 4 rings (SSSR count). The summed E-state index contributed by atoms with van der Waals surface area (Å²) in [5.41, 5.74) is -0.832. The Bertz CT molecular complexity index is 987. The number of non-ortho nitro benzene ring substituents is 1. The fourth-order valence-electron chi connectivity index (χ4n) is 3.95. The third kappa shape index (κ3) is 5.11. The molecule has 33 heavy (non-hydrogen) atoms. The molecule has 5 atom stereocenters. The highest BCUT2D eigenvalue weighted by molar-refractivity contribution is 8.22. The normalized spacial score (nSPS) is 31.5. The van der Waals surface area contributed by atoms with Crippen molar-refractivity contribution >= 4 is 39.7 Å². The van der Waals surface area contributed by atoms with E-state index in [2.05, 4.69) is 0 Å². The molecule has 0 aliphatic carbocycles. The molecule has 1 aromatic rings. The Morgan fingerprint density at radius 2 is 1.67 bits per heavy atom. The number of ether oxygens (including phenoxy) is 6. The molecule has 0 aromatic heterocycles. The molecule has 3 heterocycles. The molecule has 180 valence electrons. The predicted octanol–water partition coefficient (Wildman–Crippen LogP) is 3.29. The van der Waals surface area contributed by atoms with Crippen molar-refractivity contribution < 1.29 is 38.3 Å². The van der Waals surface area contributed by atoms with Gasteiger partial charge >= 0.3 is 0 Å². The Labute approximate surface area is 198 Å². The van der Waals surface area contributed by atoms with Gasteiger partial charge in [0.15, 0.2) is 17.9 Å². The fourth-order valence-corrected chi connectivity index (χ4v) is 4.96. The third-order valence-electron chi connectivity index (χ3n) is 5.16. The SMILES string of the molecule is CC1(C)O[C@H]2[C@@H](O1)[C@@H](COC(=S)Sc1ccc([N+](=O)[O-])cc1[N+](=O)[O-])O[C@@H]1OC(C)(C)O[C@@H]12. The monoisotopic (exact) mass is 502 g/mol. The zero-order valence-corrected chi connectivity index (χ0v) is 19.8. The lowest BCUT2D eigenvalue weighted by Gasteiger charge is -2.37. The number of fused-ring (bicyclic) bond motifs is 3. The summed E-state index contributed by atoms with van der Waals surface area (Å²) in [6, 6.07) is 3.30. The van der Waals surface area contributed by atoms with Crippen LogP contribution in [0.1, 0.15) is 27.7 Å². The van der Waals surface area contributed by atoms with Crippen molar-refractivity contribution in [3.63, 3.8) is 0 Å². The topological polar surface area (TPSA) is 142 Å². The smallest absolute Gasteiger partial charge is 0.290 e. The van der Waals surface area contributed by atoms with Gasteiger partial charge in [0.2, 0.25) is 4.38 Å². The van der Waals surface area contributed by atoms with Crippen molar-refractivity contribution in [2.75, 3.05) is 6.61 Å². The number of thiocarbonyl (C=S) groups is 1. The average molecular weight is 503 g/mol. The van der Waals surface area contributed by atoms with E-state index in [1.165, 1.54) is 6.07 Å². The average Bonchev–Trinajstić information content (AvgIpc) is 3.19. The maximum atomic E-state index is 11.3. The molecule has 0 unspecified atom stereocenters. The molecule has 0 radical (unpaired) electrons. The summed E-state index contributed by atoms with van der Waals surface area (Å²) in [6.45, 7) is 7.10. The summed E-state index contributed by atoms with van der Waals surface area (Å²) < 4.78 is 35.5. The molecular formula is C19H22N2O10S2. The second-order valence-electron chi connectivity index (χ2n) is 8.54. The Hall–Kier alpha value is -1.94. The Morgan fingerprint density at radius 1 is 1.03 bits per heavy atom. The van der Waals surface area contributed by atoms with Crippen LogP contribution in [0.5, 0.6) is 0 Å². The quantitative estimate of drug-likeness (QED) is 0.252. The van der Waals surface area contributed by atoms with Crippen LogP contribution in [0.4, 0.5) is 11.4 Å². The van der Waals surface area contributed by atoms with Gasteiger partial charge in [-0.15, -0.1) is 0 Å². The van der Waals surface area contributed by atoms with Crippen LogP contribution in [0.3, 0.4) is 0 Å². The van der Waals surface area contributed by atoms with E-state index in [0.717, 1.165) is 23.9 Å². The lowest BCUT2D eigenvalue weighted by molar-refractivity contribution is -0.396.